The molecule has 122 valence electrons. The van der Waals surface area contributed by atoms with Gasteiger partial charge in [-0.25, -0.2) is 4.98 Å². The molecular weight excluding hydrogens is 296 g/mol. The Labute approximate surface area is 134 Å². The van der Waals surface area contributed by atoms with Crippen LogP contribution in [0.15, 0.2) is 18.7 Å². The van der Waals surface area contributed by atoms with E-state index in [1.807, 2.05) is 10.7 Å². The molecule has 1 atom stereocenters. The Morgan fingerprint density at radius 3 is 2.87 bits per heavy atom. The van der Waals surface area contributed by atoms with E-state index < -0.39 is 0 Å². The van der Waals surface area contributed by atoms with Gasteiger partial charge in [0.2, 0.25) is 0 Å². The summed E-state index contributed by atoms with van der Waals surface area (Å²) in [5.41, 5.74) is 0.768. The second-order valence-electron chi connectivity index (χ2n) is 6.07. The molecular formula is C15H20N6O2. The zero-order valence-electron chi connectivity index (χ0n) is 13.0. The molecule has 4 rings (SSSR count). The molecule has 2 fully saturated rings. The van der Waals surface area contributed by atoms with Crippen molar-refractivity contribution in [2.45, 2.75) is 12.8 Å². The number of aromatic nitrogens is 4. The quantitative estimate of drug-likeness (QED) is 0.746. The van der Waals surface area contributed by atoms with Gasteiger partial charge in [-0.05, 0) is 19.4 Å². The molecule has 0 radical (unpaired) electrons. The lowest BCUT2D eigenvalue weighted by Gasteiger charge is -2.35. The fraction of sp³-hybridized carbons (Fsp3) is 0.600. The summed E-state index contributed by atoms with van der Waals surface area (Å²) in [5.74, 6) is 1.06. The number of fused-ring (bicyclic) bond motifs is 1. The molecule has 2 aliphatic heterocycles. The first-order chi connectivity index (χ1) is 11.3. The summed E-state index contributed by atoms with van der Waals surface area (Å²) in [6.07, 6.45) is 6.88. The van der Waals surface area contributed by atoms with Gasteiger partial charge in [-0.1, -0.05) is 0 Å². The average Bonchev–Trinajstić information content (AvgIpc) is 3.22. The molecule has 2 aromatic rings. The molecule has 2 saturated heterocycles. The van der Waals surface area contributed by atoms with Crippen molar-refractivity contribution in [1.82, 2.24) is 24.5 Å². The number of piperazine rings is 1. The van der Waals surface area contributed by atoms with Crippen molar-refractivity contribution in [3.05, 3.63) is 18.7 Å². The first kappa shape index (κ1) is 14.4. The van der Waals surface area contributed by atoms with Crippen molar-refractivity contribution in [1.29, 1.82) is 0 Å². The van der Waals surface area contributed by atoms with E-state index in [-0.39, 0.29) is 11.9 Å². The summed E-state index contributed by atoms with van der Waals surface area (Å²) in [4.78, 5) is 24.6. The summed E-state index contributed by atoms with van der Waals surface area (Å²) in [6.45, 7) is 5.36. The highest BCUT2D eigenvalue weighted by Gasteiger charge is 2.27. The zero-order chi connectivity index (χ0) is 15.6. The van der Waals surface area contributed by atoms with E-state index in [2.05, 4.69) is 24.9 Å². The Kier molecular flexibility index (Phi) is 3.82. The van der Waals surface area contributed by atoms with Gasteiger partial charge < -0.3 is 9.64 Å². The third-order valence-corrected chi connectivity index (χ3v) is 4.71. The van der Waals surface area contributed by atoms with E-state index >= 15 is 0 Å². The van der Waals surface area contributed by atoms with Crippen molar-refractivity contribution >= 4 is 17.4 Å². The first-order valence-corrected chi connectivity index (χ1v) is 8.09. The number of ether oxygens (including phenoxy) is 1. The molecule has 0 amide bonds. The molecule has 0 bridgehead atoms. The normalized spacial score (nSPS) is 22.7. The van der Waals surface area contributed by atoms with Crippen LogP contribution < -0.4 is 4.90 Å². The van der Waals surface area contributed by atoms with Crippen LogP contribution in [0, 0.1) is 5.92 Å². The van der Waals surface area contributed by atoms with Crippen LogP contribution in [0.25, 0.3) is 5.65 Å². The van der Waals surface area contributed by atoms with E-state index in [4.69, 9.17) is 4.74 Å². The summed E-state index contributed by atoms with van der Waals surface area (Å²) in [5, 5.41) is 4.27. The number of rotatable bonds is 4. The number of cyclic esters (lactones) is 1. The van der Waals surface area contributed by atoms with Crippen LogP contribution in [0.3, 0.4) is 0 Å². The van der Waals surface area contributed by atoms with Crippen LogP contribution in [0.2, 0.25) is 0 Å². The number of hydrogen-bond donors (Lipinski definition) is 0. The van der Waals surface area contributed by atoms with Gasteiger partial charge in [0.05, 0.1) is 24.9 Å². The maximum Gasteiger partial charge on any atom is 0.309 e. The minimum Gasteiger partial charge on any atom is -0.465 e. The lowest BCUT2D eigenvalue weighted by Crippen LogP contribution is -2.47. The van der Waals surface area contributed by atoms with Crippen LogP contribution in [0.1, 0.15) is 12.8 Å². The van der Waals surface area contributed by atoms with Gasteiger partial charge >= 0.3 is 5.97 Å². The van der Waals surface area contributed by atoms with E-state index in [1.165, 1.54) is 0 Å². The highest BCUT2D eigenvalue weighted by atomic mass is 16.5. The highest BCUT2D eigenvalue weighted by molar-refractivity contribution is 5.74. The molecule has 0 aliphatic carbocycles. The fourth-order valence-corrected chi connectivity index (χ4v) is 3.29. The largest absolute Gasteiger partial charge is 0.465 e. The number of hydrogen-bond acceptors (Lipinski definition) is 7. The molecule has 0 saturated carbocycles. The van der Waals surface area contributed by atoms with E-state index in [9.17, 15) is 4.79 Å². The molecule has 0 unspecified atom stereocenters. The van der Waals surface area contributed by atoms with Crippen LogP contribution in [0.4, 0.5) is 5.82 Å². The van der Waals surface area contributed by atoms with Gasteiger partial charge in [0.1, 0.15) is 6.33 Å². The van der Waals surface area contributed by atoms with Crippen LogP contribution in [-0.4, -0.2) is 69.8 Å². The number of anilines is 1. The molecule has 8 nitrogen and oxygen atoms in total. The number of carbonyl (C=O) groups excluding carboxylic acids is 1. The predicted molar refractivity (Wildman–Crippen MR) is 83.1 cm³/mol. The average molecular weight is 316 g/mol. The second-order valence-corrected chi connectivity index (χ2v) is 6.07. The summed E-state index contributed by atoms with van der Waals surface area (Å²) in [6, 6.07) is 0. The Hall–Kier alpha value is -2.22. The topological polar surface area (TPSA) is 75.9 Å². The SMILES string of the molecule is O=C1OCC[C@@H]1CCN1CCN(c2cncc3ncnn23)CC1. The maximum atomic E-state index is 11.5. The number of esters is 1. The van der Waals surface area contributed by atoms with Crippen LogP contribution in [0.5, 0.6) is 0 Å². The molecule has 0 aromatic carbocycles. The Morgan fingerprint density at radius 2 is 2.09 bits per heavy atom. The summed E-state index contributed by atoms with van der Waals surface area (Å²) in [7, 11) is 0. The zero-order valence-corrected chi connectivity index (χ0v) is 13.0. The van der Waals surface area contributed by atoms with Crippen molar-refractivity contribution < 1.29 is 9.53 Å². The molecule has 4 heterocycles. The monoisotopic (exact) mass is 316 g/mol. The molecule has 2 aromatic heterocycles. The molecule has 2 aliphatic rings. The van der Waals surface area contributed by atoms with Crippen molar-refractivity contribution in [3.63, 3.8) is 0 Å². The van der Waals surface area contributed by atoms with E-state index in [0.717, 1.165) is 57.0 Å². The van der Waals surface area contributed by atoms with Gasteiger partial charge in [0, 0.05) is 26.2 Å². The van der Waals surface area contributed by atoms with Crippen molar-refractivity contribution in [2.75, 3.05) is 44.2 Å². The predicted octanol–water partition coefficient (Wildman–Crippen LogP) is 0.200. The first-order valence-electron chi connectivity index (χ1n) is 8.09. The Morgan fingerprint density at radius 1 is 1.22 bits per heavy atom. The molecule has 0 N–H and O–H groups in total. The Balaban J connectivity index is 1.34. The van der Waals surface area contributed by atoms with E-state index in [1.54, 1.807) is 12.5 Å². The third-order valence-electron chi connectivity index (χ3n) is 4.71. The van der Waals surface area contributed by atoms with Gasteiger partial charge in [0.15, 0.2) is 11.5 Å². The standard InChI is InChI=1S/C15H20N6O2/c22-15-12(2-8-23-15)1-3-19-4-6-20(7-5-19)14-10-16-9-13-17-11-18-21(13)14/h9-12H,1-8H2/t12-/m0/s1. The minimum absolute atomic E-state index is 0.0208. The molecule has 8 heteroatoms. The molecule has 23 heavy (non-hydrogen) atoms. The Bertz CT molecular complexity index is 694. The lowest BCUT2D eigenvalue weighted by atomic mass is 10.0. The maximum absolute atomic E-state index is 11.5. The fourth-order valence-electron chi connectivity index (χ4n) is 3.29. The third kappa shape index (κ3) is 2.86. The van der Waals surface area contributed by atoms with Crippen LogP contribution in [-0.2, 0) is 9.53 Å². The van der Waals surface area contributed by atoms with Crippen LogP contribution >= 0.6 is 0 Å². The highest BCUT2D eigenvalue weighted by Crippen LogP contribution is 2.20. The summed E-state index contributed by atoms with van der Waals surface area (Å²) >= 11 is 0. The smallest absolute Gasteiger partial charge is 0.309 e. The van der Waals surface area contributed by atoms with Gasteiger partial charge in [-0.3, -0.25) is 14.7 Å². The van der Waals surface area contributed by atoms with Crippen molar-refractivity contribution in [3.8, 4) is 0 Å². The molecule has 0 spiro atoms. The second kappa shape index (κ2) is 6.11. The van der Waals surface area contributed by atoms with E-state index in [0.29, 0.717) is 6.61 Å². The van der Waals surface area contributed by atoms with Gasteiger partial charge in [-0.15, -0.1) is 0 Å². The number of carbonyl (C=O) groups is 1. The number of nitrogens with zero attached hydrogens (tertiary/aromatic N) is 6. The van der Waals surface area contributed by atoms with Crippen molar-refractivity contribution in [2.24, 2.45) is 5.92 Å². The van der Waals surface area contributed by atoms with Gasteiger partial charge in [0.25, 0.3) is 0 Å². The lowest BCUT2D eigenvalue weighted by molar-refractivity contribution is -0.141. The summed E-state index contributed by atoms with van der Waals surface area (Å²) < 4.78 is 6.86. The minimum atomic E-state index is -0.0208. The van der Waals surface area contributed by atoms with Gasteiger partial charge in [-0.2, -0.15) is 9.61 Å².